The molecule has 19 heavy (non-hydrogen) atoms. The first-order valence-electron chi connectivity index (χ1n) is 5.60. The topological polar surface area (TPSA) is 83.2 Å². The van der Waals surface area contributed by atoms with Crippen molar-refractivity contribution in [2.75, 3.05) is 5.32 Å². The van der Waals surface area contributed by atoms with E-state index in [1.165, 1.54) is 4.68 Å². The smallest absolute Gasteiger partial charge is 0.309 e. The third kappa shape index (κ3) is 3.85. The Hall–Kier alpha value is -2.28. The zero-order chi connectivity index (χ0) is 13.7. The van der Waals surface area contributed by atoms with Gasteiger partial charge in [0.1, 0.15) is 6.42 Å². The third-order valence-corrected chi connectivity index (χ3v) is 3.10. The molecule has 0 aliphatic carbocycles. The lowest BCUT2D eigenvalue weighted by Gasteiger charge is -2.00. The van der Waals surface area contributed by atoms with Crippen LogP contribution < -0.4 is 10.00 Å². The number of aromatic nitrogens is 2. The van der Waals surface area contributed by atoms with Gasteiger partial charge in [-0.25, -0.2) is 0 Å². The average Bonchev–Trinajstić information content (AvgIpc) is 2.86. The minimum Gasteiger partial charge on any atom is -0.481 e. The molecule has 0 radical (unpaired) electrons. The van der Waals surface area contributed by atoms with Crippen molar-refractivity contribution in [1.82, 2.24) is 4.49 Å². The minimum atomic E-state index is -0.893. The van der Waals surface area contributed by atoms with Gasteiger partial charge in [-0.15, -0.1) is 0 Å². The summed E-state index contributed by atoms with van der Waals surface area (Å²) in [6.07, 6.45) is 1.53. The monoisotopic (exact) mass is 278 g/mol. The molecule has 1 amide bonds. The van der Waals surface area contributed by atoms with Crippen LogP contribution in [0.1, 0.15) is 16.1 Å². The average molecular weight is 278 g/mol. The molecule has 0 bridgehead atoms. The molecule has 0 fully saturated rings. The highest BCUT2D eigenvalue weighted by molar-refractivity contribution is 7.07. The fraction of sp³-hybridized carbons (Fsp3) is 0.167. The lowest BCUT2D eigenvalue weighted by molar-refractivity contribution is -0.745. The molecule has 1 heterocycles. The van der Waals surface area contributed by atoms with Crippen LogP contribution in [0.3, 0.4) is 0 Å². The second-order valence-electron chi connectivity index (χ2n) is 3.79. The summed E-state index contributed by atoms with van der Waals surface area (Å²) in [5.41, 5.74) is 0.706. The second-order valence-corrected chi connectivity index (χ2v) is 4.58. The van der Waals surface area contributed by atoms with E-state index in [4.69, 9.17) is 5.11 Å². The molecule has 2 rings (SSSR count). The predicted octanol–water partition coefficient (Wildman–Crippen LogP) is 1.16. The third-order valence-electron chi connectivity index (χ3n) is 2.32. The number of hydrogen-bond acceptors (Lipinski definition) is 4. The Bertz CT molecular complexity index is 583. The molecule has 6 nitrogen and oxygen atoms in total. The van der Waals surface area contributed by atoms with E-state index in [9.17, 15) is 9.59 Å². The van der Waals surface area contributed by atoms with Gasteiger partial charge in [-0.2, -0.15) is 0 Å². The van der Waals surface area contributed by atoms with E-state index in [1.54, 1.807) is 18.3 Å². The molecule has 0 saturated heterocycles. The fourth-order valence-electron chi connectivity index (χ4n) is 1.41. The van der Waals surface area contributed by atoms with E-state index in [2.05, 4.69) is 9.81 Å². The number of amides is 1. The van der Waals surface area contributed by atoms with Gasteiger partial charge in [-0.1, -0.05) is 22.9 Å². The molecule has 0 saturated carbocycles. The Balaban J connectivity index is 1.98. The van der Waals surface area contributed by atoms with Gasteiger partial charge in [0.2, 0.25) is 6.20 Å². The van der Waals surface area contributed by atoms with Gasteiger partial charge in [-0.3, -0.25) is 9.59 Å². The maximum absolute atomic E-state index is 11.9. The summed E-state index contributed by atoms with van der Waals surface area (Å²) in [7, 11) is 0. The maximum Gasteiger partial charge on any atom is 0.309 e. The van der Waals surface area contributed by atoms with E-state index in [0.717, 1.165) is 11.5 Å². The van der Waals surface area contributed by atoms with Crippen molar-refractivity contribution in [3.05, 3.63) is 41.4 Å². The van der Waals surface area contributed by atoms with Crippen LogP contribution in [-0.2, 0) is 11.3 Å². The van der Waals surface area contributed by atoms with Gasteiger partial charge < -0.3 is 10.4 Å². The summed E-state index contributed by atoms with van der Waals surface area (Å²) >= 11 is 1.04. The first kappa shape index (κ1) is 13.2. The lowest BCUT2D eigenvalue weighted by Crippen LogP contribution is -2.35. The van der Waals surface area contributed by atoms with Crippen molar-refractivity contribution in [3.63, 3.8) is 0 Å². The van der Waals surface area contributed by atoms with Crippen LogP contribution in [0, 0.1) is 0 Å². The number of carboxylic acid groups (broad SMARTS) is 1. The van der Waals surface area contributed by atoms with Crippen LogP contribution >= 0.6 is 11.5 Å². The molecular formula is C12H12N3O3S+. The highest BCUT2D eigenvalue weighted by Gasteiger charge is 2.17. The van der Waals surface area contributed by atoms with Crippen molar-refractivity contribution in [1.29, 1.82) is 0 Å². The minimum absolute atomic E-state index is 0.0197. The number of benzene rings is 1. The van der Waals surface area contributed by atoms with Gasteiger partial charge in [0.05, 0.1) is 4.49 Å². The first-order chi connectivity index (χ1) is 9.15. The summed E-state index contributed by atoms with van der Waals surface area (Å²) in [5.74, 6) is -1.14. The molecule has 0 aliphatic heterocycles. The molecule has 0 atom stereocenters. The highest BCUT2D eigenvalue weighted by Crippen LogP contribution is 2.09. The van der Waals surface area contributed by atoms with Gasteiger partial charge in [0.25, 0.3) is 5.91 Å². The molecular weight excluding hydrogens is 266 g/mol. The number of anilines is 1. The number of carboxylic acids is 1. The Morgan fingerprint density at radius 2 is 2.05 bits per heavy atom. The van der Waals surface area contributed by atoms with Gasteiger partial charge in [0, 0.05) is 17.2 Å². The fourth-order valence-corrected chi connectivity index (χ4v) is 2.03. The predicted molar refractivity (Wildman–Crippen MR) is 69.0 cm³/mol. The van der Waals surface area contributed by atoms with E-state index < -0.39 is 5.97 Å². The van der Waals surface area contributed by atoms with Crippen LogP contribution in [-0.4, -0.2) is 21.5 Å². The number of rotatable bonds is 5. The summed E-state index contributed by atoms with van der Waals surface area (Å²) in [5, 5.41) is 11.3. The quantitative estimate of drug-likeness (QED) is 0.804. The van der Waals surface area contributed by atoms with E-state index >= 15 is 0 Å². The molecule has 0 unspecified atom stereocenters. The number of para-hydroxylation sites is 1. The van der Waals surface area contributed by atoms with Crippen LogP contribution in [0.25, 0.3) is 0 Å². The van der Waals surface area contributed by atoms with Crippen molar-refractivity contribution in [2.45, 2.75) is 13.0 Å². The molecule has 2 aromatic rings. The Kier molecular flexibility index (Phi) is 4.19. The maximum atomic E-state index is 11.9. The number of carbonyl (C=O) groups is 2. The molecule has 0 aliphatic rings. The Morgan fingerprint density at radius 1 is 1.32 bits per heavy atom. The molecule has 98 valence electrons. The van der Waals surface area contributed by atoms with Crippen molar-refractivity contribution >= 4 is 29.1 Å². The van der Waals surface area contributed by atoms with Crippen molar-refractivity contribution < 1.29 is 19.4 Å². The normalized spacial score (nSPS) is 10.1. The van der Waals surface area contributed by atoms with Crippen LogP contribution in [0.2, 0.25) is 0 Å². The number of aliphatic carboxylic acids is 1. The molecule has 1 aromatic heterocycles. The van der Waals surface area contributed by atoms with E-state index in [0.29, 0.717) is 10.6 Å². The van der Waals surface area contributed by atoms with E-state index in [-0.39, 0.29) is 18.9 Å². The van der Waals surface area contributed by atoms with E-state index in [1.807, 2.05) is 18.2 Å². The standard InChI is InChI=1S/C12H11N3O3S/c16-11(17)6-7-15-8-10(19-14-15)12(18)13-9-4-2-1-3-5-9/h1-5,8H,6-7H2,(H-,13,16,17,18)/p+1. The SMILES string of the molecule is O=C(O)CC[n+]1cc(C(=O)Nc2ccccc2)sn1. The highest BCUT2D eigenvalue weighted by atomic mass is 32.1. The van der Waals surface area contributed by atoms with Crippen molar-refractivity contribution in [2.24, 2.45) is 0 Å². The first-order valence-corrected chi connectivity index (χ1v) is 6.37. The largest absolute Gasteiger partial charge is 0.481 e. The van der Waals surface area contributed by atoms with Gasteiger partial charge in [-0.05, 0) is 12.1 Å². The lowest BCUT2D eigenvalue weighted by atomic mass is 10.3. The summed E-state index contributed by atoms with van der Waals surface area (Å²) < 4.78 is 5.44. The van der Waals surface area contributed by atoms with Crippen LogP contribution in [0.4, 0.5) is 5.69 Å². The molecule has 1 aromatic carbocycles. The van der Waals surface area contributed by atoms with Crippen LogP contribution in [0.5, 0.6) is 0 Å². The van der Waals surface area contributed by atoms with Crippen molar-refractivity contribution in [3.8, 4) is 0 Å². The number of hydrogen-bond donors (Lipinski definition) is 2. The zero-order valence-electron chi connectivity index (χ0n) is 9.94. The van der Waals surface area contributed by atoms with Crippen LogP contribution in [0.15, 0.2) is 36.5 Å². The molecule has 2 N–H and O–H groups in total. The van der Waals surface area contributed by atoms with Gasteiger partial charge in [0.15, 0.2) is 11.4 Å². The molecule has 7 heteroatoms. The second kappa shape index (κ2) is 6.05. The summed E-state index contributed by atoms with van der Waals surface area (Å²) in [6, 6.07) is 9.10. The number of nitrogens with zero attached hydrogens (tertiary/aromatic N) is 2. The summed E-state index contributed by atoms with van der Waals surface area (Å²) in [6.45, 7) is 0.254. The van der Waals surface area contributed by atoms with Gasteiger partial charge >= 0.3 is 5.97 Å². The Morgan fingerprint density at radius 3 is 2.74 bits per heavy atom. The number of carbonyl (C=O) groups excluding carboxylic acids is 1. The Labute approximate surface area is 113 Å². The summed E-state index contributed by atoms with van der Waals surface area (Å²) in [4.78, 5) is 22.8. The number of nitrogens with one attached hydrogen (secondary N) is 1. The zero-order valence-corrected chi connectivity index (χ0v) is 10.8. The number of aryl methyl sites for hydroxylation is 1. The molecule has 0 spiro atoms.